The number of hydrogen-bond acceptors (Lipinski definition) is 3. The highest BCUT2D eigenvalue weighted by Gasteiger charge is 2.38. The maximum atomic E-state index is 13.0. The molecule has 0 unspecified atom stereocenters. The molecule has 2 heterocycles. The largest absolute Gasteiger partial charge is 0.503 e. The van der Waals surface area contributed by atoms with Crippen molar-refractivity contribution in [3.8, 4) is 5.75 Å². The van der Waals surface area contributed by atoms with Gasteiger partial charge >= 0.3 is 0 Å². The molecule has 24 heavy (non-hydrogen) atoms. The first-order valence-corrected chi connectivity index (χ1v) is 8.18. The Labute approximate surface area is 146 Å². The van der Waals surface area contributed by atoms with Gasteiger partial charge in [0.25, 0.3) is 5.91 Å². The number of hydrogen-bond donors (Lipinski definition) is 1. The normalized spacial score (nSPS) is 16.2. The van der Waals surface area contributed by atoms with Gasteiger partial charge in [0, 0.05) is 19.3 Å². The molecule has 1 N–H and O–H groups in total. The van der Waals surface area contributed by atoms with Gasteiger partial charge in [0.2, 0.25) is 5.43 Å². The van der Waals surface area contributed by atoms with E-state index in [1.807, 2.05) is 13.8 Å². The number of benzene rings is 1. The fourth-order valence-corrected chi connectivity index (χ4v) is 3.35. The lowest BCUT2D eigenvalue weighted by atomic mass is 9.98. The van der Waals surface area contributed by atoms with Gasteiger partial charge in [-0.3, -0.25) is 9.59 Å². The summed E-state index contributed by atoms with van der Waals surface area (Å²) in [4.78, 5) is 26.3. The number of carbonyl (C=O) groups is 1. The lowest BCUT2D eigenvalue weighted by molar-refractivity contribution is 0.0566. The first-order valence-electron chi connectivity index (χ1n) is 7.39. The number of pyridine rings is 1. The number of amides is 1. The van der Waals surface area contributed by atoms with Crippen LogP contribution in [0.25, 0.3) is 0 Å². The van der Waals surface area contributed by atoms with Crippen molar-refractivity contribution >= 4 is 21.8 Å². The Bertz CT molecular complexity index is 875. The maximum Gasteiger partial charge on any atom is 0.274 e. The highest BCUT2D eigenvalue weighted by atomic mass is 79.9. The molecule has 1 aliphatic rings. The zero-order valence-electron chi connectivity index (χ0n) is 13.2. The molecular weight excluding hydrogens is 379 g/mol. The zero-order chi connectivity index (χ0) is 17.6. The first-order chi connectivity index (χ1) is 11.2. The van der Waals surface area contributed by atoms with E-state index in [1.54, 1.807) is 21.6 Å². The van der Waals surface area contributed by atoms with Crippen LogP contribution in [-0.4, -0.2) is 27.0 Å². The van der Waals surface area contributed by atoms with Crippen LogP contribution >= 0.6 is 15.9 Å². The fourth-order valence-electron chi connectivity index (χ4n) is 2.96. The van der Waals surface area contributed by atoms with Gasteiger partial charge in [-0.05, 0) is 47.5 Å². The van der Waals surface area contributed by atoms with Crippen LogP contribution in [0.5, 0.6) is 5.75 Å². The first kappa shape index (κ1) is 16.7. The molecular formula is C17H16BrFN2O3. The van der Waals surface area contributed by atoms with E-state index in [-0.39, 0.29) is 22.5 Å². The maximum absolute atomic E-state index is 13.0. The second-order valence-corrected chi connectivity index (χ2v) is 7.33. The van der Waals surface area contributed by atoms with Crippen molar-refractivity contribution in [2.45, 2.75) is 25.9 Å². The minimum absolute atomic E-state index is 0.0263. The Morgan fingerprint density at radius 1 is 1.25 bits per heavy atom. The molecule has 1 aliphatic heterocycles. The molecule has 1 aromatic carbocycles. The van der Waals surface area contributed by atoms with E-state index < -0.39 is 22.6 Å². The van der Waals surface area contributed by atoms with Crippen LogP contribution in [0.15, 0.2) is 39.7 Å². The van der Waals surface area contributed by atoms with Crippen LogP contribution < -0.4 is 5.43 Å². The van der Waals surface area contributed by atoms with Gasteiger partial charge in [0.05, 0.1) is 10.0 Å². The van der Waals surface area contributed by atoms with Crippen LogP contribution in [-0.2, 0) is 12.1 Å². The zero-order valence-corrected chi connectivity index (χ0v) is 14.8. The predicted octanol–water partition coefficient (Wildman–Crippen LogP) is 2.85. The number of aromatic hydroxyl groups is 1. The van der Waals surface area contributed by atoms with E-state index in [9.17, 15) is 19.1 Å². The van der Waals surface area contributed by atoms with Crippen LogP contribution in [0.3, 0.4) is 0 Å². The second kappa shape index (κ2) is 5.73. The molecule has 0 aliphatic carbocycles. The van der Waals surface area contributed by atoms with Crippen LogP contribution in [0, 0.1) is 5.82 Å². The molecule has 2 aromatic rings. The van der Waals surface area contributed by atoms with E-state index in [4.69, 9.17) is 0 Å². The van der Waals surface area contributed by atoms with Gasteiger partial charge in [0.15, 0.2) is 11.4 Å². The predicted molar refractivity (Wildman–Crippen MR) is 90.5 cm³/mol. The van der Waals surface area contributed by atoms with Crippen molar-refractivity contribution in [1.82, 2.24) is 9.47 Å². The number of nitrogens with zero attached hydrogens (tertiary/aromatic N) is 2. The molecule has 5 nitrogen and oxygen atoms in total. The van der Waals surface area contributed by atoms with Gasteiger partial charge in [0.1, 0.15) is 5.82 Å². The van der Waals surface area contributed by atoms with E-state index in [0.717, 1.165) is 5.56 Å². The summed E-state index contributed by atoms with van der Waals surface area (Å²) in [5.74, 6) is -1.34. The van der Waals surface area contributed by atoms with Crippen LogP contribution in [0.2, 0.25) is 0 Å². The molecule has 1 aromatic heterocycles. The Balaban J connectivity index is 2.05. The molecule has 0 saturated heterocycles. The third-order valence-electron chi connectivity index (χ3n) is 4.15. The van der Waals surface area contributed by atoms with Gasteiger partial charge in [-0.2, -0.15) is 0 Å². The summed E-state index contributed by atoms with van der Waals surface area (Å²) in [7, 11) is 0. The Morgan fingerprint density at radius 2 is 1.88 bits per heavy atom. The SMILES string of the molecule is CC1(C)CN(Cc2ccc(F)cc2)C(=O)c2c(O)c(=O)c(Br)cn21. The molecule has 3 rings (SSSR count). The van der Waals surface area contributed by atoms with E-state index in [1.165, 1.54) is 18.3 Å². The van der Waals surface area contributed by atoms with E-state index >= 15 is 0 Å². The molecule has 7 heteroatoms. The summed E-state index contributed by atoms with van der Waals surface area (Å²) in [5.41, 5.74) is -0.389. The smallest absolute Gasteiger partial charge is 0.274 e. The average molecular weight is 395 g/mol. The monoisotopic (exact) mass is 394 g/mol. The number of rotatable bonds is 2. The summed E-state index contributed by atoms with van der Waals surface area (Å²) in [6.07, 6.45) is 1.53. The quantitative estimate of drug-likeness (QED) is 0.851. The number of carbonyl (C=O) groups excluding carboxylic acids is 1. The number of fused-ring (bicyclic) bond motifs is 1. The number of halogens is 2. The van der Waals surface area contributed by atoms with Crippen molar-refractivity contribution in [2.75, 3.05) is 6.54 Å². The van der Waals surface area contributed by atoms with Gasteiger partial charge < -0.3 is 14.6 Å². The molecule has 0 bridgehead atoms. The fraction of sp³-hybridized carbons (Fsp3) is 0.294. The minimum Gasteiger partial charge on any atom is -0.503 e. The Kier molecular flexibility index (Phi) is 3.99. The van der Waals surface area contributed by atoms with E-state index in [2.05, 4.69) is 15.9 Å². The Hall–Kier alpha value is -2.15. The van der Waals surface area contributed by atoms with Gasteiger partial charge in [-0.1, -0.05) is 12.1 Å². The molecule has 0 saturated carbocycles. The van der Waals surface area contributed by atoms with Gasteiger partial charge in [-0.15, -0.1) is 0 Å². The molecule has 0 fully saturated rings. The van der Waals surface area contributed by atoms with Crippen LogP contribution in [0.4, 0.5) is 4.39 Å². The second-order valence-electron chi connectivity index (χ2n) is 6.47. The highest BCUT2D eigenvalue weighted by molar-refractivity contribution is 9.10. The molecule has 126 valence electrons. The topological polar surface area (TPSA) is 62.5 Å². The summed E-state index contributed by atoms with van der Waals surface area (Å²) in [5, 5.41) is 10.2. The summed E-state index contributed by atoms with van der Waals surface area (Å²) >= 11 is 3.12. The minimum atomic E-state index is -0.617. The van der Waals surface area contributed by atoms with Crippen LogP contribution in [0.1, 0.15) is 29.9 Å². The Morgan fingerprint density at radius 3 is 2.50 bits per heavy atom. The lowest BCUT2D eigenvalue weighted by Gasteiger charge is -2.41. The lowest BCUT2D eigenvalue weighted by Crippen LogP contribution is -2.51. The van der Waals surface area contributed by atoms with Crippen molar-refractivity contribution in [2.24, 2.45) is 0 Å². The van der Waals surface area contributed by atoms with Crippen molar-refractivity contribution in [1.29, 1.82) is 0 Å². The molecule has 0 radical (unpaired) electrons. The van der Waals surface area contributed by atoms with E-state index in [0.29, 0.717) is 6.54 Å². The summed E-state index contributed by atoms with van der Waals surface area (Å²) in [6.45, 7) is 4.49. The molecule has 1 amide bonds. The van der Waals surface area contributed by atoms with Crippen molar-refractivity contribution in [3.63, 3.8) is 0 Å². The average Bonchev–Trinajstić information content (AvgIpc) is 2.52. The standard InChI is InChI=1S/C17H16BrFN2O3/c1-17(2)9-20(7-10-3-5-11(19)6-4-10)16(24)13-15(23)14(22)12(18)8-21(13)17/h3-6,8,23H,7,9H2,1-2H3. The third kappa shape index (κ3) is 2.73. The summed E-state index contributed by atoms with van der Waals surface area (Å²) in [6, 6.07) is 5.89. The van der Waals surface area contributed by atoms with Crippen molar-refractivity contribution < 1.29 is 14.3 Å². The third-order valence-corrected chi connectivity index (χ3v) is 4.71. The van der Waals surface area contributed by atoms with Crippen molar-refractivity contribution in [3.05, 3.63) is 62.2 Å². The molecule has 0 atom stereocenters. The number of aromatic nitrogens is 1. The molecule has 0 spiro atoms. The van der Waals surface area contributed by atoms with Gasteiger partial charge in [-0.25, -0.2) is 4.39 Å². The highest BCUT2D eigenvalue weighted by Crippen LogP contribution is 2.31. The summed E-state index contributed by atoms with van der Waals surface area (Å²) < 4.78 is 14.9.